The third kappa shape index (κ3) is 2.40. The summed E-state index contributed by atoms with van der Waals surface area (Å²) in [7, 11) is 0. The molecule has 2 nitrogen and oxygen atoms in total. The van der Waals surface area contributed by atoms with E-state index in [4.69, 9.17) is 4.98 Å². The molecule has 0 aliphatic rings. The van der Waals surface area contributed by atoms with Crippen molar-refractivity contribution in [3.05, 3.63) is 109 Å². The van der Waals surface area contributed by atoms with Gasteiger partial charge in [0, 0.05) is 22.0 Å². The van der Waals surface area contributed by atoms with Crippen LogP contribution in [0.1, 0.15) is 5.56 Å². The molecule has 0 atom stereocenters. The van der Waals surface area contributed by atoms with Crippen molar-refractivity contribution < 1.29 is 0 Å². The molecule has 6 rings (SSSR count). The SMILES string of the molecule is Cc1cccc2c3ccccc3c3c(nc(-c4ccccc4)n3-c3ccccc3)c12. The zero-order chi connectivity index (χ0) is 20.1. The van der Waals surface area contributed by atoms with Crippen LogP contribution in [0.15, 0.2) is 103 Å². The van der Waals surface area contributed by atoms with Crippen LogP contribution in [0.5, 0.6) is 0 Å². The highest BCUT2D eigenvalue weighted by Gasteiger charge is 2.20. The predicted octanol–water partition coefficient (Wildman–Crippen LogP) is 7.31. The van der Waals surface area contributed by atoms with Gasteiger partial charge in [0.05, 0.1) is 11.0 Å². The molecule has 0 bridgehead atoms. The standard InChI is InChI=1S/C28H20N2/c1-19-11-10-18-23-22-16-8-9-17-24(22)27-26(25(19)23)29-28(20-12-4-2-5-13-20)30(27)21-14-6-3-7-15-21/h2-18H,1H3. The van der Waals surface area contributed by atoms with Crippen LogP contribution < -0.4 is 0 Å². The van der Waals surface area contributed by atoms with Crippen molar-refractivity contribution in [1.29, 1.82) is 0 Å². The predicted molar refractivity (Wildman–Crippen MR) is 126 cm³/mol. The maximum absolute atomic E-state index is 5.26. The largest absolute Gasteiger partial charge is 0.292 e. The average molecular weight is 384 g/mol. The highest BCUT2D eigenvalue weighted by Crippen LogP contribution is 2.39. The van der Waals surface area contributed by atoms with Gasteiger partial charge in [-0.2, -0.15) is 0 Å². The summed E-state index contributed by atoms with van der Waals surface area (Å²) in [6.07, 6.45) is 0. The van der Waals surface area contributed by atoms with Crippen molar-refractivity contribution in [3.63, 3.8) is 0 Å². The van der Waals surface area contributed by atoms with Crippen LogP contribution in [0.4, 0.5) is 0 Å². The summed E-state index contributed by atoms with van der Waals surface area (Å²) in [4.78, 5) is 5.26. The first-order chi connectivity index (χ1) is 14.8. The lowest BCUT2D eigenvalue weighted by molar-refractivity contribution is 1.11. The molecule has 30 heavy (non-hydrogen) atoms. The second-order valence-corrected chi connectivity index (χ2v) is 7.71. The van der Waals surface area contributed by atoms with E-state index in [-0.39, 0.29) is 0 Å². The first-order valence-electron chi connectivity index (χ1n) is 10.3. The van der Waals surface area contributed by atoms with E-state index in [0.717, 1.165) is 28.1 Å². The molecule has 0 saturated heterocycles. The topological polar surface area (TPSA) is 17.8 Å². The van der Waals surface area contributed by atoms with Gasteiger partial charge in [0.15, 0.2) is 0 Å². The molecule has 1 heterocycles. The fourth-order valence-corrected chi connectivity index (χ4v) is 4.58. The Kier molecular flexibility index (Phi) is 3.72. The number of fused-ring (bicyclic) bond motifs is 6. The molecule has 2 heteroatoms. The Bertz CT molecular complexity index is 1530. The molecule has 0 aliphatic carbocycles. The van der Waals surface area contributed by atoms with Crippen molar-refractivity contribution in [2.75, 3.05) is 0 Å². The quantitative estimate of drug-likeness (QED) is 0.286. The van der Waals surface area contributed by atoms with E-state index in [0.29, 0.717) is 0 Å². The summed E-state index contributed by atoms with van der Waals surface area (Å²) in [5.41, 5.74) is 5.71. The number of aromatic nitrogens is 2. The molecule has 0 unspecified atom stereocenters. The van der Waals surface area contributed by atoms with Gasteiger partial charge in [-0.3, -0.25) is 4.57 Å². The van der Waals surface area contributed by atoms with Crippen LogP contribution in [-0.2, 0) is 0 Å². The van der Waals surface area contributed by atoms with E-state index < -0.39 is 0 Å². The highest BCUT2D eigenvalue weighted by atomic mass is 15.1. The van der Waals surface area contributed by atoms with Gasteiger partial charge in [-0.15, -0.1) is 0 Å². The van der Waals surface area contributed by atoms with E-state index in [1.165, 1.54) is 27.1 Å². The fraction of sp³-hybridized carbons (Fsp3) is 0.0357. The monoisotopic (exact) mass is 384 g/mol. The number of rotatable bonds is 2. The third-order valence-electron chi connectivity index (χ3n) is 5.91. The molecule has 0 saturated carbocycles. The molecule has 0 fully saturated rings. The molecule has 0 aliphatic heterocycles. The third-order valence-corrected chi connectivity index (χ3v) is 5.91. The lowest BCUT2D eigenvalue weighted by atomic mass is 9.97. The van der Waals surface area contributed by atoms with Crippen LogP contribution >= 0.6 is 0 Å². The van der Waals surface area contributed by atoms with Crippen molar-refractivity contribution >= 4 is 32.6 Å². The van der Waals surface area contributed by atoms with Gasteiger partial charge >= 0.3 is 0 Å². The number of imidazole rings is 1. The second-order valence-electron chi connectivity index (χ2n) is 7.71. The molecule has 6 aromatic rings. The maximum Gasteiger partial charge on any atom is 0.145 e. The molecule has 5 aromatic carbocycles. The molecular weight excluding hydrogens is 364 g/mol. The molecular formula is C28H20N2. The highest BCUT2D eigenvalue weighted by molar-refractivity contribution is 6.25. The van der Waals surface area contributed by atoms with Crippen LogP contribution in [0.25, 0.3) is 49.7 Å². The Balaban J connectivity index is 1.92. The molecule has 0 radical (unpaired) electrons. The lowest BCUT2D eigenvalue weighted by Crippen LogP contribution is -1.97. The number of para-hydroxylation sites is 1. The smallest absolute Gasteiger partial charge is 0.145 e. The van der Waals surface area contributed by atoms with Crippen LogP contribution in [0.2, 0.25) is 0 Å². The summed E-state index contributed by atoms with van der Waals surface area (Å²) in [6, 6.07) is 36.2. The molecule has 1 aromatic heterocycles. The number of benzene rings is 5. The van der Waals surface area contributed by atoms with Crippen molar-refractivity contribution in [2.24, 2.45) is 0 Å². The second kappa shape index (κ2) is 6.57. The summed E-state index contributed by atoms with van der Waals surface area (Å²) in [5.74, 6) is 0.970. The van der Waals surface area contributed by atoms with Gasteiger partial charge in [0.25, 0.3) is 0 Å². The number of aryl methyl sites for hydroxylation is 1. The van der Waals surface area contributed by atoms with Crippen molar-refractivity contribution in [3.8, 4) is 17.1 Å². The zero-order valence-electron chi connectivity index (χ0n) is 16.7. The van der Waals surface area contributed by atoms with Gasteiger partial charge in [-0.25, -0.2) is 4.98 Å². The van der Waals surface area contributed by atoms with Crippen LogP contribution in [-0.4, -0.2) is 9.55 Å². The summed E-state index contributed by atoms with van der Waals surface area (Å²) < 4.78 is 2.32. The van der Waals surface area contributed by atoms with Gasteiger partial charge < -0.3 is 0 Å². The Morgan fingerprint density at radius 2 is 1.23 bits per heavy atom. The number of hydrogen-bond acceptors (Lipinski definition) is 1. The average Bonchev–Trinajstić information content (AvgIpc) is 3.21. The van der Waals surface area contributed by atoms with E-state index in [1.54, 1.807) is 0 Å². The van der Waals surface area contributed by atoms with E-state index in [2.05, 4.69) is 109 Å². The Morgan fingerprint density at radius 1 is 0.600 bits per heavy atom. The van der Waals surface area contributed by atoms with Gasteiger partial charge in [-0.1, -0.05) is 91.0 Å². The first-order valence-corrected chi connectivity index (χ1v) is 10.3. The van der Waals surface area contributed by atoms with E-state index >= 15 is 0 Å². The van der Waals surface area contributed by atoms with Crippen molar-refractivity contribution in [1.82, 2.24) is 9.55 Å². The molecule has 0 N–H and O–H groups in total. The lowest BCUT2D eigenvalue weighted by Gasteiger charge is -2.13. The van der Waals surface area contributed by atoms with Crippen LogP contribution in [0.3, 0.4) is 0 Å². The number of hydrogen-bond donors (Lipinski definition) is 0. The molecule has 0 amide bonds. The van der Waals surface area contributed by atoms with E-state index in [9.17, 15) is 0 Å². The minimum Gasteiger partial charge on any atom is -0.292 e. The minimum atomic E-state index is 0.970. The van der Waals surface area contributed by atoms with Gasteiger partial charge in [0.2, 0.25) is 0 Å². The summed E-state index contributed by atoms with van der Waals surface area (Å²) in [5, 5.41) is 4.98. The Morgan fingerprint density at radius 3 is 2.00 bits per heavy atom. The van der Waals surface area contributed by atoms with Gasteiger partial charge in [0.1, 0.15) is 5.82 Å². The van der Waals surface area contributed by atoms with Gasteiger partial charge in [-0.05, 0) is 35.4 Å². The summed E-state index contributed by atoms with van der Waals surface area (Å²) >= 11 is 0. The maximum atomic E-state index is 5.26. The van der Waals surface area contributed by atoms with E-state index in [1.807, 2.05) is 6.07 Å². The minimum absolute atomic E-state index is 0.970. The molecule has 0 spiro atoms. The Hall–Kier alpha value is -3.91. The normalized spacial score (nSPS) is 11.5. The molecule has 142 valence electrons. The van der Waals surface area contributed by atoms with Crippen molar-refractivity contribution in [2.45, 2.75) is 6.92 Å². The fourth-order valence-electron chi connectivity index (χ4n) is 4.58. The number of nitrogens with zero attached hydrogens (tertiary/aromatic N) is 2. The first kappa shape index (κ1) is 17.0. The summed E-state index contributed by atoms with van der Waals surface area (Å²) in [6.45, 7) is 2.18. The zero-order valence-corrected chi connectivity index (χ0v) is 16.7. The van der Waals surface area contributed by atoms with Crippen LogP contribution in [0, 0.1) is 6.92 Å². The Labute approximate surface area is 175 Å².